The van der Waals surface area contributed by atoms with E-state index < -0.39 is 0 Å². The molecule has 1 aliphatic rings. The Kier molecular flexibility index (Phi) is 6.23. The Bertz CT molecular complexity index is 980. The van der Waals surface area contributed by atoms with E-state index in [9.17, 15) is 4.79 Å². The topological polar surface area (TPSA) is 74.3 Å². The molecule has 1 saturated heterocycles. The zero-order valence-electron chi connectivity index (χ0n) is 17.2. The summed E-state index contributed by atoms with van der Waals surface area (Å²) in [7, 11) is 1.67. The lowest BCUT2D eigenvalue weighted by Crippen LogP contribution is -2.49. The number of piperazine rings is 1. The minimum atomic E-state index is 0.121. The molecule has 0 atom stereocenters. The van der Waals surface area contributed by atoms with E-state index in [4.69, 9.17) is 4.74 Å². The van der Waals surface area contributed by atoms with Gasteiger partial charge in [-0.25, -0.2) is 4.98 Å². The number of rotatable bonds is 6. The van der Waals surface area contributed by atoms with Gasteiger partial charge in [-0.3, -0.25) is 9.89 Å². The molecule has 7 nitrogen and oxygen atoms in total. The van der Waals surface area contributed by atoms with E-state index in [-0.39, 0.29) is 5.91 Å². The second-order valence-electron chi connectivity index (χ2n) is 7.19. The Balaban J connectivity index is 1.26. The Morgan fingerprint density at radius 1 is 1.07 bits per heavy atom. The fourth-order valence-electron chi connectivity index (χ4n) is 3.38. The Morgan fingerprint density at radius 2 is 1.77 bits per heavy atom. The van der Waals surface area contributed by atoms with Crippen molar-refractivity contribution < 1.29 is 9.53 Å². The molecular weight excluding hydrogens is 398 g/mol. The van der Waals surface area contributed by atoms with Gasteiger partial charge in [-0.1, -0.05) is 41.6 Å². The number of anilines is 1. The van der Waals surface area contributed by atoms with E-state index in [1.54, 1.807) is 7.11 Å². The summed E-state index contributed by atoms with van der Waals surface area (Å²) in [5.74, 6) is 2.03. The van der Waals surface area contributed by atoms with Gasteiger partial charge in [0, 0.05) is 37.4 Å². The Labute approximate surface area is 180 Å². The monoisotopic (exact) mass is 423 g/mol. The molecule has 4 rings (SSSR count). The van der Waals surface area contributed by atoms with E-state index in [0.717, 1.165) is 35.9 Å². The van der Waals surface area contributed by atoms with Crippen LogP contribution in [0.2, 0.25) is 0 Å². The molecule has 1 amide bonds. The van der Waals surface area contributed by atoms with Crippen LogP contribution in [0, 0.1) is 6.92 Å². The molecule has 0 radical (unpaired) electrons. The third-order valence-corrected chi connectivity index (χ3v) is 6.02. The molecule has 0 spiro atoms. The van der Waals surface area contributed by atoms with Crippen molar-refractivity contribution in [3.63, 3.8) is 0 Å². The molecule has 2 heterocycles. The highest BCUT2D eigenvalue weighted by molar-refractivity contribution is 7.99. The number of methoxy groups -OCH3 is 1. The Hall–Kier alpha value is -3.00. The number of aromatic amines is 1. The summed E-state index contributed by atoms with van der Waals surface area (Å²) in [6.45, 7) is 5.12. The van der Waals surface area contributed by atoms with Crippen molar-refractivity contribution in [2.24, 2.45) is 0 Å². The van der Waals surface area contributed by atoms with E-state index in [1.807, 2.05) is 48.2 Å². The van der Waals surface area contributed by atoms with Gasteiger partial charge in [0.05, 0.1) is 12.9 Å². The van der Waals surface area contributed by atoms with Crippen LogP contribution in [0.3, 0.4) is 0 Å². The molecule has 30 heavy (non-hydrogen) atoms. The highest BCUT2D eigenvalue weighted by Crippen LogP contribution is 2.22. The minimum Gasteiger partial charge on any atom is -0.497 e. The van der Waals surface area contributed by atoms with Crippen molar-refractivity contribution in [1.82, 2.24) is 20.1 Å². The lowest BCUT2D eigenvalue weighted by molar-refractivity contribution is -0.128. The molecule has 1 aromatic heterocycles. The summed E-state index contributed by atoms with van der Waals surface area (Å²) in [5, 5.41) is 7.78. The number of nitrogens with zero attached hydrogens (tertiary/aromatic N) is 4. The molecule has 0 unspecified atom stereocenters. The normalized spacial score (nSPS) is 14.1. The van der Waals surface area contributed by atoms with Gasteiger partial charge in [-0.15, -0.1) is 5.10 Å². The second kappa shape index (κ2) is 9.21. The molecule has 0 bridgehead atoms. The number of aryl methyl sites for hydroxylation is 1. The van der Waals surface area contributed by atoms with Gasteiger partial charge in [0.2, 0.25) is 11.1 Å². The summed E-state index contributed by atoms with van der Waals surface area (Å²) in [5.41, 5.74) is 3.34. The lowest BCUT2D eigenvalue weighted by Gasteiger charge is -2.36. The van der Waals surface area contributed by atoms with Gasteiger partial charge in [0.15, 0.2) is 5.82 Å². The number of carbonyl (C=O) groups is 1. The summed E-state index contributed by atoms with van der Waals surface area (Å²) in [4.78, 5) is 21.3. The molecule has 2 aromatic carbocycles. The fourth-order valence-corrected chi connectivity index (χ4v) is 4.08. The first-order chi connectivity index (χ1) is 14.6. The number of hydrogen-bond donors (Lipinski definition) is 1. The van der Waals surface area contributed by atoms with Crippen molar-refractivity contribution in [2.45, 2.75) is 12.1 Å². The van der Waals surface area contributed by atoms with Crippen LogP contribution in [-0.4, -0.2) is 65.0 Å². The molecule has 156 valence electrons. The SMILES string of the molecule is COc1ccc(N2CCN(C(=O)CSc3n[nH]c(-c4ccc(C)cc4)n3)CC2)cc1. The van der Waals surface area contributed by atoms with Crippen molar-refractivity contribution >= 4 is 23.4 Å². The highest BCUT2D eigenvalue weighted by atomic mass is 32.2. The van der Waals surface area contributed by atoms with Gasteiger partial charge in [0.25, 0.3) is 0 Å². The highest BCUT2D eigenvalue weighted by Gasteiger charge is 2.22. The van der Waals surface area contributed by atoms with Crippen molar-refractivity contribution in [3.05, 3.63) is 54.1 Å². The smallest absolute Gasteiger partial charge is 0.233 e. The van der Waals surface area contributed by atoms with Crippen LogP contribution in [0.15, 0.2) is 53.7 Å². The molecule has 0 aliphatic carbocycles. The number of carbonyl (C=O) groups excluding carboxylic acids is 1. The zero-order chi connectivity index (χ0) is 20.9. The first kappa shape index (κ1) is 20.3. The number of thioether (sulfide) groups is 1. The summed E-state index contributed by atoms with van der Waals surface area (Å²) < 4.78 is 5.21. The van der Waals surface area contributed by atoms with Gasteiger partial charge in [0.1, 0.15) is 5.75 Å². The molecule has 1 fully saturated rings. The average molecular weight is 424 g/mol. The number of benzene rings is 2. The predicted octanol–water partition coefficient (Wildman–Crippen LogP) is 3.23. The van der Waals surface area contributed by atoms with Crippen LogP contribution >= 0.6 is 11.8 Å². The van der Waals surface area contributed by atoms with Crippen LogP contribution in [0.4, 0.5) is 5.69 Å². The van der Waals surface area contributed by atoms with Crippen LogP contribution < -0.4 is 9.64 Å². The van der Waals surface area contributed by atoms with Gasteiger partial charge < -0.3 is 14.5 Å². The summed E-state index contributed by atoms with van der Waals surface area (Å²) in [6, 6.07) is 16.1. The first-order valence-electron chi connectivity index (χ1n) is 9.91. The molecule has 1 aliphatic heterocycles. The number of hydrogen-bond acceptors (Lipinski definition) is 6. The zero-order valence-corrected chi connectivity index (χ0v) is 18.0. The molecule has 0 saturated carbocycles. The van der Waals surface area contributed by atoms with Crippen LogP contribution in [0.25, 0.3) is 11.4 Å². The van der Waals surface area contributed by atoms with Crippen molar-refractivity contribution in [3.8, 4) is 17.1 Å². The van der Waals surface area contributed by atoms with Crippen LogP contribution in [-0.2, 0) is 4.79 Å². The summed E-state index contributed by atoms with van der Waals surface area (Å²) >= 11 is 1.37. The van der Waals surface area contributed by atoms with Crippen molar-refractivity contribution in [1.29, 1.82) is 0 Å². The van der Waals surface area contributed by atoms with E-state index in [1.165, 1.54) is 17.3 Å². The van der Waals surface area contributed by atoms with Gasteiger partial charge >= 0.3 is 0 Å². The Morgan fingerprint density at radius 3 is 2.43 bits per heavy atom. The molecule has 3 aromatic rings. The fraction of sp³-hybridized carbons (Fsp3) is 0.318. The number of nitrogens with one attached hydrogen (secondary N) is 1. The number of ether oxygens (including phenoxy) is 1. The number of amides is 1. The van der Waals surface area contributed by atoms with Crippen LogP contribution in [0.1, 0.15) is 5.56 Å². The average Bonchev–Trinajstić information content (AvgIpc) is 3.27. The second-order valence-corrected chi connectivity index (χ2v) is 8.13. The minimum absolute atomic E-state index is 0.121. The van der Waals surface area contributed by atoms with E-state index >= 15 is 0 Å². The maximum absolute atomic E-state index is 12.6. The lowest BCUT2D eigenvalue weighted by atomic mass is 10.1. The van der Waals surface area contributed by atoms with Gasteiger partial charge in [-0.05, 0) is 31.2 Å². The first-order valence-corrected chi connectivity index (χ1v) is 10.9. The maximum Gasteiger partial charge on any atom is 0.233 e. The maximum atomic E-state index is 12.6. The largest absolute Gasteiger partial charge is 0.497 e. The quantitative estimate of drug-likeness (QED) is 0.614. The molecular formula is C22H25N5O2S. The number of H-pyrrole nitrogens is 1. The third-order valence-electron chi connectivity index (χ3n) is 5.18. The van der Waals surface area contributed by atoms with Crippen LogP contribution in [0.5, 0.6) is 5.75 Å². The van der Waals surface area contributed by atoms with Crippen molar-refractivity contribution in [2.75, 3.05) is 43.9 Å². The van der Waals surface area contributed by atoms with Gasteiger partial charge in [-0.2, -0.15) is 0 Å². The molecule has 8 heteroatoms. The van der Waals surface area contributed by atoms with E-state index in [0.29, 0.717) is 24.0 Å². The number of aromatic nitrogens is 3. The third kappa shape index (κ3) is 4.76. The predicted molar refractivity (Wildman–Crippen MR) is 119 cm³/mol. The summed E-state index contributed by atoms with van der Waals surface area (Å²) in [6.07, 6.45) is 0. The molecule has 1 N–H and O–H groups in total. The standard InChI is InChI=1S/C22H25N5O2S/c1-16-3-5-17(6-4-16)21-23-22(25-24-21)30-15-20(28)27-13-11-26(12-14-27)18-7-9-19(29-2)10-8-18/h3-10H,11-15H2,1-2H3,(H,23,24,25). The van der Waals surface area contributed by atoms with E-state index in [2.05, 4.69) is 32.2 Å².